The van der Waals surface area contributed by atoms with E-state index in [1.807, 2.05) is 29.2 Å². The molecule has 0 saturated carbocycles. The standard InChI is InChI=1S/C19H11F2N7O/c20-12-7-5-11(6-8-12)19-22-16(25-29-19)18-24-23-17-13-3-1-2-4-14(13)27-10-26(21)9-15(27)28(17)18/h1-9H,10H2. The van der Waals surface area contributed by atoms with Gasteiger partial charge in [0.2, 0.25) is 11.6 Å². The number of fused-ring (bicyclic) bond motifs is 6. The maximum Gasteiger partial charge on any atom is 0.258 e. The molecule has 4 aromatic rings. The first-order valence-electron chi connectivity index (χ1n) is 8.76. The van der Waals surface area contributed by atoms with E-state index in [9.17, 15) is 8.87 Å². The Balaban J connectivity index is 1.51. The third-order valence-corrected chi connectivity index (χ3v) is 4.85. The lowest BCUT2D eigenvalue weighted by Crippen LogP contribution is -2.28. The molecule has 0 N–H and O–H groups in total. The first kappa shape index (κ1) is 15.9. The summed E-state index contributed by atoms with van der Waals surface area (Å²) in [5.74, 6) is 1.48. The van der Waals surface area contributed by atoms with Crippen molar-refractivity contribution in [3.63, 3.8) is 0 Å². The predicted molar refractivity (Wildman–Crippen MR) is 98.7 cm³/mol. The second-order valence-corrected chi connectivity index (χ2v) is 6.59. The van der Waals surface area contributed by atoms with Crippen LogP contribution in [0, 0.1) is 5.82 Å². The summed E-state index contributed by atoms with van der Waals surface area (Å²) in [6.07, 6.45) is 1.37. The Hall–Kier alpha value is -4.08. The summed E-state index contributed by atoms with van der Waals surface area (Å²) in [4.78, 5) is 6.19. The summed E-state index contributed by atoms with van der Waals surface area (Å²) >= 11 is 0. The Kier molecular flexibility index (Phi) is 3.13. The van der Waals surface area contributed by atoms with Crippen LogP contribution < -0.4 is 4.90 Å². The van der Waals surface area contributed by atoms with Crippen molar-refractivity contribution in [1.82, 2.24) is 30.0 Å². The highest BCUT2D eigenvalue weighted by molar-refractivity contribution is 5.89. The molecule has 2 aliphatic rings. The molecular formula is C19H11F2N7O. The molecule has 142 valence electrons. The quantitative estimate of drug-likeness (QED) is 0.484. The van der Waals surface area contributed by atoms with Gasteiger partial charge in [0.15, 0.2) is 5.82 Å². The zero-order valence-corrected chi connectivity index (χ0v) is 14.7. The molecule has 0 saturated heterocycles. The summed E-state index contributed by atoms with van der Waals surface area (Å²) in [6, 6.07) is 13.3. The Labute approximate surface area is 162 Å². The molecule has 8 nitrogen and oxygen atoms in total. The van der Waals surface area contributed by atoms with Gasteiger partial charge in [-0.1, -0.05) is 21.8 Å². The first-order valence-corrected chi connectivity index (χ1v) is 8.76. The number of hydrogen-bond acceptors (Lipinski definition) is 7. The SMILES string of the molecule is Fc1ccc(-c2nc(-c3nnc4n3C3=CN(F)CN3c3ccccc3-4)no2)cc1. The largest absolute Gasteiger partial charge is 0.333 e. The van der Waals surface area contributed by atoms with Gasteiger partial charge in [0.25, 0.3) is 5.89 Å². The van der Waals surface area contributed by atoms with Crippen molar-refractivity contribution in [1.29, 1.82) is 0 Å². The molecule has 0 bridgehead atoms. The molecule has 6 rings (SSSR count). The topological polar surface area (TPSA) is 76.1 Å². The van der Waals surface area contributed by atoms with Crippen molar-refractivity contribution in [2.24, 2.45) is 0 Å². The van der Waals surface area contributed by atoms with Gasteiger partial charge in [-0.3, -0.25) is 4.57 Å². The minimum absolute atomic E-state index is 0.0521. The third-order valence-electron chi connectivity index (χ3n) is 4.85. The average Bonchev–Trinajstić information content (AvgIpc) is 3.45. The van der Waals surface area contributed by atoms with Crippen molar-refractivity contribution < 1.29 is 13.4 Å². The van der Waals surface area contributed by atoms with E-state index in [-0.39, 0.29) is 24.2 Å². The fraction of sp³-hybridized carbons (Fsp3) is 0.0526. The van der Waals surface area contributed by atoms with Crippen LogP contribution in [-0.4, -0.2) is 36.7 Å². The predicted octanol–water partition coefficient (Wildman–Crippen LogP) is 3.53. The molecule has 0 aliphatic carbocycles. The van der Waals surface area contributed by atoms with Crippen LogP contribution in [0.5, 0.6) is 0 Å². The van der Waals surface area contributed by atoms with E-state index in [4.69, 9.17) is 4.52 Å². The van der Waals surface area contributed by atoms with E-state index in [0.717, 1.165) is 11.3 Å². The Morgan fingerprint density at radius 3 is 2.62 bits per heavy atom. The molecule has 0 unspecified atom stereocenters. The van der Waals surface area contributed by atoms with Crippen LogP contribution in [0.1, 0.15) is 0 Å². The number of nitrogens with zero attached hydrogens (tertiary/aromatic N) is 7. The summed E-state index contributed by atoms with van der Waals surface area (Å²) < 4.78 is 34.3. The zero-order valence-electron chi connectivity index (χ0n) is 14.7. The number of aromatic nitrogens is 5. The molecule has 0 fully saturated rings. The highest BCUT2D eigenvalue weighted by Gasteiger charge is 2.36. The van der Waals surface area contributed by atoms with E-state index in [1.165, 1.54) is 18.3 Å². The van der Waals surface area contributed by atoms with Crippen LogP contribution >= 0.6 is 0 Å². The Morgan fingerprint density at radius 1 is 0.966 bits per heavy atom. The molecular weight excluding hydrogens is 380 g/mol. The Bertz CT molecular complexity index is 1280. The van der Waals surface area contributed by atoms with Gasteiger partial charge in [-0.2, -0.15) is 10.1 Å². The number of benzene rings is 2. The molecule has 2 aliphatic heterocycles. The van der Waals surface area contributed by atoms with Crippen molar-refractivity contribution in [3.05, 3.63) is 60.5 Å². The molecule has 10 heteroatoms. The average molecular weight is 391 g/mol. The highest BCUT2D eigenvalue weighted by atomic mass is 19.2. The maximum atomic E-state index is 14.1. The van der Waals surface area contributed by atoms with Crippen LogP contribution in [0.15, 0.2) is 59.3 Å². The molecule has 2 aromatic heterocycles. The van der Waals surface area contributed by atoms with Gasteiger partial charge in [0.1, 0.15) is 18.3 Å². The lowest BCUT2D eigenvalue weighted by Gasteiger charge is -2.29. The number of hydrogen-bond donors (Lipinski definition) is 0. The van der Waals surface area contributed by atoms with Crippen LogP contribution in [0.25, 0.3) is 40.3 Å². The number of para-hydroxylation sites is 1. The highest BCUT2D eigenvalue weighted by Crippen LogP contribution is 2.43. The van der Waals surface area contributed by atoms with Crippen LogP contribution in [0.4, 0.5) is 14.6 Å². The first-order chi connectivity index (χ1) is 14.2. The van der Waals surface area contributed by atoms with Gasteiger partial charge >= 0.3 is 0 Å². The van der Waals surface area contributed by atoms with Gasteiger partial charge in [0, 0.05) is 11.1 Å². The minimum atomic E-state index is -0.359. The van der Waals surface area contributed by atoms with Crippen LogP contribution in [0.3, 0.4) is 0 Å². The van der Waals surface area contributed by atoms with Crippen molar-refractivity contribution >= 4 is 11.5 Å². The van der Waals surface area contributed by atoms with Gasteiger partial charge in [-0.15, -0.1) is 10.2 Å². The fourth-order valence-electron chi connectivity index (χ4n) is 3.56. The third kappa shape index (κ3) is 2.29. The number of halogens is 2. The van der Waals surface area contributed by atoms with E-state index < -0.39 is 0 Å². The lowest BCUT2D eigenvalue weighted by molar-refractivity contribution is 0.104. The second-order valence-electron chi connectivity index (χ2n) is 6.59. The molecule has 0 spiro atoms. The fourth-order valence-corrected chi connectivity index (χ4v) is 3.56. The monoisotopic (exact) mass is 391 g/mol. The van der Waals surface area contributed by atoms with Gasteiger partial charge in [-0.05, 0) is 36.4 Å². The summed E-state index contributed by atoms with van der Waals surface area (Å²) in [7, 11) is 0. The number of rotatable bonds is 2. The van der Waals surface area contributed by atoms with Gasteiger partial charge < -0.3 is 9.42 Å². The molecule has 2 aromatic carbocycles. The summed E-state index contributed by atoms with van der Waals surface area (Å²) in [6.45, 7) is 0.0521. The molecule has 0 atom stereocenters. The second kappa shape index (κ2) is 5.71. The number of anilines is 1. The van der Waals surface area contributed by atoms with Crippen molar-refractivity contribution in [2.75, 3.05) is 11.6 Å². The zero-order chi connectivity index (χ0) is 19.5. The Morgan fingerprint density at radius 2 is 1.76 bits per heavy atom. The van der Waals surface area contributed by atoms with Crippen molar-refractivity contribution in [3.8, 4) is 34.5 Å². The normalized spacial score (nSPS) is 14.5. The molecule has 0 amide bonds. The van der Waals surface area contributed by atoms with Gasteiger partial charge in [0.05, 0.1) is 11.9 Å². The summed E-state index contributed by atoms with van der Waals surface area (Å²) in [5.41, 5.74) is 2.23. The van der Waals surface area contributed by atoms with E-state index in [2.05, 4.69) is 20.3 Å². The molecule has 0 radical (unpaired) electrons. The minimum Gasteiger partial charge on any atom is -0.333 e. The van der Waals surface area contributed by atoms with Crippen LogP contribution in [0.2, 0.25) is 0 Å². The lowest BCUT2D eigenvalue weighted by atomic mass is 10.1. The van der Waals surface area contributed by atoms with E-state index in [1.54, 1.807) is 16.7 Å². The summed E-state index contributed by atoms with van der Waals surface area (Å²) in [5, 5.41) is 13.1. The molecule has 4 heterocycles. The van der Waals surface area contributed by atoms with E-state index >= 15 is 0 Å². The van der Waals surface area contributed by atoms with Gasteiger partial charge in [-0.25, -0.2) is 4.39 Å². The smallest absolute Gasteiger partial charge is 0.258 e. The van der Waals surface area contributed by atoms with Crippen LogP contribution in [-0.2, 0) is 0 Å². The van der Waals surface area contributed by atoms with E-state index in [0.29, 0.717) is 28.2 Å². The van der Waals surface area contributed by atoms with Crippen molar-refractivity contribution in [2.45, 2.75) is 0 Å². The molecule has 29 heavy (non-hydrogen) atoms. The maximum absolute atomic E-state index is 14.1.